The highest BCUT2D eigenvalue weighted by atomic mass is 79.9. The standard InChI is InChI=1S/C7H5BrCl2O3S/c8-4-14(11,12)13-7-2-1-5(9)3-6(7)10/h1-3H,4H2. The highest BCUT2D eigenvalue weighted by Crippen LogP contribution is 2.28. The molecule has 0 heterocycles. The number of alkyl halides is 1. The maximum Gasteiger partial charge on any atom is 0.319 e. The molecule has 0 aliphatic carbocycles. The molecule has 3 nitrogen and oxygen atoms in total. The molecule has 7 heteroatoms. The molecule has 0 bridgehead atoms. The van der Waals surface area contributed by atoms with Gasteiger partial charge in [-0.2, -0.15) is 8.42 Å². The predicted molar refractivity (Wildman–Crippen MR) is 59.8 cm³/mol. The lowest BCUT2D eigenvalue weighted by Gasteiger charge is -2.05. The Labute approximate surface area is 100 Å². The molecule has 0 saturated heterocycles. The molecule has 0 amide bonds. The number of hydrogen-bond donors (Lipinski definition) is 0. The van der Waals surface area contributed by atoms with Crippen LogP contribution in [0.3, 0.4) is 0 Å². The molecule has 0 aliphatic rings. The van der Waals surface area contributed by atoms with Gasteiger partial charge >= 0.3 is 10.1 Å². The summed E-state index contributed by atoms with van der Waals surface area (Å²) in [7, 11) is -3.62. The predicted octanol–water partition coefficient (Wildman–Crippen LogP) is 3.05. The van der Waals surface area contributed by atoms with Gasteiger partial charge < -0.3 is 4.18 Å². The fourth-order valence-electron chi connectivity index (χ4n) is 0.702. The molecule has 1 aromatic carbocycles. The quantitative estimate of drug-likeness (QED) is 0.635. The van der Waals surface area contributed by atoms with Crippen molar-refractivity contribution >= 4 is 49.2 Å². The Morgan fingerprint density at radius 1 is 1.36 bits per heavy atom. The lowest BCUT2D eigenvalue weighted by atomic mass is 10.3. The smallest absolute Gasteiger partial charge is 0.319 e. The van der Waals surface area contributed by atoms with Crippen molar-refractivity contribution in [2.45, 2.75) is 0 Å². The first kappa shape index (κ1) is 12.1. The Morgan fingerprint density at radius 2 is 2.00 bits per heavy atom. The van der Waals surface area contributed by atoms with Crippen molar-refractivity contribution in [3.05, 3.63) is 28.2 Å². The zero-order valence-electron chi connectivity index (χ0n) is 6.71. The SMILES string of the molecule is O=S(=O)(CBr)Oc1ccc(Cl)cc1Cl. The normalized spacial score (nSPS) is 11.4. The van der Waals surface area contributed by atoms with Gasteiger partial charge in [-0.25, -0.2) is 0 Å². The summed E-state index contributed by atoms with van der Waals surface area (Å²) < 4.78 is 26.5. The Bertz CT molecular complexity index is 433. The van der Waals surface area contributed by atoms with E-state index in [1.807, 2.05) is 0 Å². The zero-order valence-corrected chi connectivity index (χ0v) is 10.6. The number of benzene rings is 1. The van der Waals surface area contributed by atoms with E-state index in [1.54, 1.807) is 0 Å². The monoisotopic (exact) mass is 318 g/mol. The van der Waals surface area contributed by atoms with Crippen LogP contribution in [0.5, 0.6) is 5.75 Å². The van der Waals surface area contributed by atoms with Crippen LogP contribution in [0, 0.1) is 0 Å². The van der Waals surface area contributed by atoms with Crippen LogP contribution in [0.25, 0.3) is 0 Å². The second-order valence-corrected chi connectivity index (χ2v) is 6.04. The molecule has 1 aromatic rings. The van der Waals surface area contributed by atoms with Gasteiger partial charge in [0.25, 0.3) is 0 Å². The van der Waals surface area contributed by atoms with Crippen LogP contribution >= 0.6 is 39.1 Å². The maximum atomic E-state index is 11.0. The average molecular weight is 320 g/mol. The third kappa shape index (κ3) is 3.31. The van der Waals surface area contributed by atoms with E-state index in [9.17, 15) is 8.42 Å². The Kier molecular flexibility index (Phi) is 4.06. The third-order valence-corrected chi connectivity index (χ3v) is 4.16. The number of halogens is 3. The molecule has 0 unspecified atom stereocenters. The van der Waals surface area contributed by atoms with Crippen molar-refractivity contribution in [3.8, 4) is 5.75 Å². The van der Waals surface area contributed by atoms with E-state index >= 15 is 0 Å². The van der Waals surface area contributed by atoms with E-state index in [1.165, 1.54) is 18.2 Å². The van der Waals surface area contributed by atoms with Gasteiger partial charge in [0, 0.05) is 5.02 Å². The largest absolute Gasteiger partial charge is 0.380 e. The minimum Gasteiger partial charge on any atom is -0.380 e. The zero-order chi connectivity index (χ0) is 10.8. The average Bonchev–Trinajstić information content (AvgIpc) is 2.10. The number of rotatable bonds is 3. The maximum absolute atomic E-state index is 11.0. The molecule has 0 aromatic heterocycles. The van der Waals surface area contributed by atoms with Crippen molar-refractivity contribution in [1.82, 2.24) is 0 Å². The summed E-state index contributed by atoms with van der Waals surface area (Å²) >= 11 is 14.1. The topological polar surface area (TPSA) is 43.4 Å². The molecule has 0 fully saturated rings. The molecule has 78 valence electrons. The van der Waals surface area contributed by atoms with Crippen LogP contribution < -0.4 is 4.18 Å². The van der Waals surface area contributed by atoms with E-state index in [-0.39, 0.29) is 15.4 Å². The van der Waals surface area contributed by atoms with E-state index < -0.39 is 10.1 Å². The number of hydrogen-bond acceptors (Lipinski definition) is 3. The van der Waals surface area contributed by atoms with Crippen molar-refractivity contribution in [2.24, 2.45) is 0 Å². The summed E-state index contributed by atoms with van der Waals surface area (Å²) in [5.41, 5.74) is 0. The van der Waals surface area contributed by atoms with Gasteiger partial charge in [0.1, 0.15) is 4.66 Å². The van der Waals surface area contributed by atoms with Crippen LogP contribution in [0.4, 0.5) is 0 Å². The first-order chi connectivity index (χ1) is 6.44. The molecule has 0 atom stereocenters. The summed E-state index contributed by atoms with van der Waals surface area (Å²) in [5.74, 6) is 0.0653. The van der Waals surface area contributed by atoms with Crippen LogP contribution in [-0.2, 0) is 10.1 Å². The molecule has 0 saturated carbocycles. The molecular weight excluding hydrogens is 315 g/mol. The van der Waals surface area contributed by atoms with E-state index in [0.717, 1.165) is 0 Å². The van der Waals surface area contributed by atoms with E-state index in [0.29, 0.717) is 5.02 Å². The van der Waals surface area contributed by atoms with Gasteiger partial charge in [-0.1, -0.05) is 39.1 Å². The van der Waals surface area contributed by atoms with Gasteiger partial charge in [0.15, 0.2) is 5.75 Å². The van der Waals surface area contributed by atoms with Crippen LogP contribution in [0.1, 0.15) is 0 Å². The van der Waals surface area contributed by atoms with E-state index in [2.05, 4.69) is 20.1 Å². The second kappa shape index (κ2) is 4.70. The molecule has 0 aliphatic heterocycles. The van der Waals surface area contributed by atoms with Gasteiger partial charge in [0.2, 0.25) is 0 Å². The molecule has 1 rings (SSSR count). The van der Waals surface area contributed by atoms with Crippen molar-refractivity contribution < 1.29 is 12.6 Å². The summed E-state index contributed by atoms with van der Waals surface area (Å²) in [4.78, 5) is 0. The lowest BCUT2D eigenvalue weighted by Crippen LogP contribution is -2.09. The van der Waals surface area contributed by atoms with Crippen molar-refractivity contribution in [3.63, 3.8) is 0 Å². The fraction of sp³-hybridized carbons (Fsp3) is 0.143. The molecule has 14 heavy (non-hydrogen) atoms. The summed E-state index contributed by atoms with van der Waals surface area (Å²) in [5, 5.41) is 0.570. The summed E-state index contributed by atoms with van der Waals surface area (Å²) in [6.07, 6.45) is 0. The van der Waals surface area contributed by atoms with Gasteiger partial charge in [-0.3, -0.25) is 0 Å². The summed E-state index contributed by atoms with van der Waals surface area (Å²) in [6.45, 7) is 0. The van der Waals surface area contributed by atoms with Crippen molar-refractivity contribution in [2.75, 3.05) is 4.66 Å². The third-order valence-electron chi connectivity index (χ3n) is 1.24. The Balaban J connectivity index is 2.99. The molecule has 0 radical (unpaired) electrons. The highest BCUT2D eigenvalue weighted by molar-refractivity contribution is 9.10. The van der Waals surface area contributed by atoms with Gasteiger partial charge in [-0.15, -0.1) is 0 Å². The van der Waals surface area contributed by atoms with Gasteiger partial charge in [0.05, 0.1) is 5.02 Å². The van der Waals surface area contributed by atoms with Crippen LogP contribution in [0.15, 0.2) is 18.2 Å². The molecule has 0 N–H and O–H groups in total. The Morgan fingerprint density at radius 3 is 2.50 bits per heavy atom. The minimum absolute atomic E-state index is 0.0653. The second-order valence-electron chi connectivity index (χ2n) is 2.32. The van der Waals surface area contributed by atoms with Crippen LogP contribution in [-0.4, -0.2) is 13.1 Å². The Hall–Kier alpha value is 0.0300. The van der Waals surface area contributed by atoms with E-state index in [4.69, 9.17) is 23.2 Å². The fourth-order valence-corrected chi connectivity index (χ4v) is 1.94. The summed E-state index contributed by atoms with van der Waals surface area (Å²) in [6, 6.07) is 4.29. The van der Waals surface area contributed by atoms with Gasteiger partial charge in [-0.05, 0) is 18.2 Å². The van der Waals surface area contributed by atoms with Crippen molar-refractivity contribution in [1.29, 1.82) is 0 Å². The molecule has 0 spiro atoms. The molecular formula is C7H5BrCl2O3S. The van der Waals surface area contributed by atoms with Crippen LogP contribution in [0.2, 0.25) is 10.0 Å². The first-order valence-corrected chi connectivity index (χ1v) is 6.83. The minimum atomic E-state index is -3.62. The first-order valence-electron chi connectivity index (χ1n) is 3.38. The highest BCUT2D eigenvalue weighted by Gasteiger charge is 2.12. The lowest BCUT2D eigenvalue weighted by molar-refractivity contribution is 0.492.